The average molecular weight is 395 g/mol. The molecule has 2 heterocycles. The Bertz CT molecular complexity index is 811. The molecule has 4 rings (SSSR count). The molecule has 2 aromatic carbocycles. The van der Waals surface area contributed by atoms with Crippen LogP contribution in [0.4, 0.5) is 0 Å². The van der Waals surface area contributed by atoms with Gasteiger partial charge in [0.1, 0.15) is 12.4 Å². The van der Waals surface area contributed by atoms with Crippen molar-refractivity contribution in [1.82, 2.24) is 10.2 Å². The van der Waals surface area contributed by atoms with E-state index < -0.39 is 0 Å². The second-order valence-electron chi connectivity index (χ2n) is 7.91. The third-order valence-electron chi connectivity index (χ3n) is 5.71. The first kappa shape index (κ1) is 19.9. The number of ether oxygens (including phenoxy) is 2. The molecule has 0 radical (unpaired) electrons. The van der Waals surface area contributed by atoms with E-state index in [9.17, 15) is 4.79 Å². The molecular weight excluding hydrogens is 364 g/mol. The first-order valence-electron chi connectivity index (χ1n) is 10.7. The van der Waals surface area contributed by atoms with Gasteiger partial charge in [-0.25, -0.2) is 0 Å². The highest BCUT2D eigenvalue weighted by Gasteiger charge is 2.17. The van der Waals surface area contributed by atoms with Crippen molar-refractivity contribution in [3.63, 3.8) is 0 Å². The van der Waals surface area contributed by atoms with E-state index in [2.05, 4.69) is 28.4 Å². The van der Waals surface area contributed by atoms with E-state index in [0.29, 0.717) is 24.5 Å². The van der Waals surface area contributed by atoms with Gasteiger partial charge in [-0.2, -0.15) is 0 Å². The van der Waals surface area contributed by atoms with Gasteiger partial charge in [-0.05, 0) is 68.1 Å². The van der Waals surface area contributed by atoms with Crippen molar-refractivity contribution < 1.29 is 14.3 Å². The summed E-state index contributed by atoms with van der Waals surface area (Å²) in [6, 6.07) is 15.8. The molecule has 2 fully saturated rings. The van der Waals surface area contributed by atoms with Crippen molar-refractivity contribution in [2.24, 2.45) is 0 Å². The van der Waals surface area contributed by atoms with Crippen LogP contribution in [0.3, 0.4) is 0 Å². The van der Waals surface area contributed by atoms with Crippen molar-refractivity contribution in [3.05, 3.63) is 65.2 Å². The zero-order valence-electron chi connectivity index (χ0n) is 16.9. The van der Waals surface area contributed by atoms with Crippen LogP contribution in [0.25, 0.3) is 0 Å². The SMILES string of the molecule is O=C(NCc1ccccc1CN1CCCC1)c1cccc(OC[C@H]2CCCO2)c1. The van der Waals surface area contributed by atoms with Crippen molar-refractivity contribution >= 4 is 5.91 Å². The van der Waals surface area contributed by atoms with Gasteiger partial charge in [0, 0.05) is 25.3 Å². The molecule has 2 aromatic rings. The lowest BCUT2D eigenvalue weighted by molar-refractivity contribution is 0.0679. The first-order chi connectivity index (χ1) is 14.3. The van der Waals surface area contributed by atoms with Crippen LogP contribution in [-0.4, -0.2) is 43.2 Å². The third-order valence-corrected chi connectivity index (χ3v) is 5.71. The summed E-state index contributed by atoms with van der Waals surface area (Å²) in [7, 11) is 0. The maximum absolute atomic E-state index is 12.7. The molecule has 2 saturated heterocycles. The monoisotopic (exact) mass is 394 g/mol. The van der Waals surface area contributed by atoms with E-state index in [1.165, 1.54) is 37.1 Å². The van der Waals surface area contributed by atoms with Gasteiger partial charge in [0.05, 0.1) is 6.10 Å². The standard InChI is InChI=1S/C24H30N2O3/c27-24(19-9-5-10-22(15-19)29-18-23-11-6-14-28-23)25-16-20-7-1-2-8-21(20)17-26-12-3-4-13-26/h1-2,5,7-10,15,23H,3-4,6,11-14,16-18H2,(H,25,27)/t23-/m1/s1. The summed E-state index contributed by atoms with van der Waals surface area (Å²) in [6.45, 7) is 5.17. The third kappa shape index (κ3) is 5.58. The highest BCUT2D eigenvalue weighted by molar-refractivity contribution is 5.94. The number of hydrogen-bond donors (Lipinski definition) is 1. The molecule has 29 heavy (non-hydrogen) atoms. The number of carbonyl (C=O) groups excluding carboxylic acids is 1. The molecule has 0 saturated carbocycles. The number of amides is 1. The molecule has 0 spiro atoms. The summed E-state index contributed by atoms with van der Waals surface area (Å²) in [5.74, 6) is 0.631. The molecule has 0 aliphatic carbocycles. The molecule has 0 unspecified atom stereocenters. The second-order valence-corrected chi connectivity index (χ2v) is 7.91. The zero-order chi connectivity index (χ0) is 19.9. The van der Waals surface area contributed by atoms with Crippen LogP contribution in [-0.2, 0) is 17.8 Å². The molecule has 1 N–H and O–H groups in total. The lowest BCUT2D eigenvalue weighted by Gasteiger charge is -2.18. The van der Waals surface area contributed by atoms with Crippen molar-refractivity contribution in [2.75, 3.05) is 26.3 Å². The summed E-state index contributed by atoms with van der Waals surface area (Å²) in [6.07, 6.45) is 4.86. The van der Waals surface area contributed by atoms with E-state index >= 15 is 0 Å². The van der Waals surface area contributed by atoms with Gasteiger partial charge in [-0.1, -0.05) is 30.3 Å². The molecule has 5 heteroatoms. The van der Waals surface area contributed by atoms with Crippen LogP contribution in [0.15, 0.2) is 48.5 Å². The Labute approximate surface area is 173 Å². The summed E-state index contributed by atoms with van der Waals surface area (Å²) in [5, 5.41) is 3.07. The lowest BCUT2D eigenvalue weighted by Crippen LogP contribution is -2.25. The Balaban J connectivity index is 1.33. The van der Waals surface area contributed by atoms with Gasteiger partial charge in [-0.15, -0.1) is 0 Å². The first-order valence-corrected chi connectivity index (χ1v) is 10.7. The Morgan fingerprint density at radius 1 is 1.07 bits per heavy atom. The number of benzene rings is 2. The van der Waals surface area contributed by atoms with Crippen molar-refractivity contribution in [2.45, 2.75) is 44.9 Å². The highest BCUT2D eigenvalue weighted by Crippen LogP contribution is 2.18. The van der Waals surface area contributed by atoms with Gasteiger partial charge in [0.25, 0.3) is 5.91 Å². The lowest BCUT2D eigenvalue weighted by atomic mass is 10.1. The minimum Gasteiger partial charge on any atom is -0.491 e. The fourth-order valence-corrected chi connectivity index (χ4v) is 4.04. The number of hydrogen-bond acceptors (Lipinski definition) is 4. The van der Waals surface area contributed by atoms with Crippen molar-refractivity contribution in [3.8, 4) is 5.75 Å². The summed E-state index contributed by atoms with van der Waals surface area (Å²) in [5.41, 5.74) is 3.09. The quantitative estimate of drug-likeness (QED) is 0.741. The molecular formula is C24H30N2O3. The van der Waals surface area contributed by atoms with Gasteiger partial charge in [0.15, 0.2) is 0 Å². The van der Waals surface area contributed by atoms with Crippen LogP contribution in [0.1, 0.15) is 47.2 Å². The van der Waals surface area contributed by atoms with Gasteiger partial charge in [-0.3, -0.25) is 9.69 Å². The number of likely N-dealkylation sites (tertiary alicyclic amines) is 1. The average Bonchev–Trinajstić information content (AvgIpc) is 3.46. The van der Waals surface area contributed by atoms with Gasteiger partial charge in [0.2, 0.25) is 0 Å². The van der Waals surface area contributed by atoms with E-state index in [-0.39, 0.29) is 12.0 Å². The topological polar surface area (TPSA) is 50.8 Å². The minimum atomic E-state index is -0.0801. The molecule has 2 aliphatic rings. The minimum absolute atomic E-state index is 0.0801. The Hall–Kier alpha value is -2.37. The second kappa shape index (κ2) is 9.90. The summed E-state index contributed by atoms with van der Waals surface area (Å²) < 4.78 is 11.4. The van der Waals surface area contributed by atoms with Crippen LogP contribution in [0, 0.1) is 0 Å². The van der Waals surface area contributed by atoms with E-state index in [0.717, 1.165) is 26.0 Å². The van der Waals surface area contributed by atoms with E-state index in [4.69, 9.17) is 9.47 Å². The Morgan fingerprint density at radius 2 is 1.90 bits per heavy atom. The predicted molar refractivity (Wildman–Crippen MR) is 113 cm³/mol. The maximum Gasteiger partial charge on any atom is 0.251 e. The fraction of sp³-hybridized carbons (Fsp3) is 0.458. The molecule has 1 amide bonds. The van der Waals surface area contributed by atoms with Crippen LogP contribution < -0.4 is 10.1 Å². The molecule has 5 nitrogen and oxygen atoms in total. The molecule has 2 aliphatic heterocycles. The number of nitrogens with one attached hydrogen (secondary N) is 1. The number of nitrogens with zero attached hydrogens (tertiary/aromatic N) is 1. The summed E-state index contributed by atoms with van der Waals surface area (Å²) in [4.78, 5) is 15.2. The van der Waals surface area contributed by atoms with Crippen molar-refractivity contribution in [1.29, 1.82) is 0 Å². The fourth-order valence-electron chi connectivity index (χ4n) is 4.04. The van der Waals surface area contributed by atoms with Crippen LogP contribution in [0.5, 0.6) is 5.75 Å². The van der Waals surface area contributed by atoms with E-state index in [1.807, 2.05) is 24.3 Å². The van der Waals surface area contributed by atoms with Crippen LogP contribution >= 0.6 is 0 Å². The molecule has 154 valence electrons. The predicted octanol–water partition coefficient (Wildman–Crippen LogP) is 3.77. The van der Waals surface area contributed by atoms with Gasteiger partial charge < -0.3 is 14.8 Å². The largest absolute Gasteiger partial charge is 0.491 e. The smallest absolute Gasteiger partial charge is 0.251 e. The number of rotatable bonds is 8. The van der Waals surface area contributed by atoms with Crippen LogP contribution in [0.2, 0.25) is 0 Å². The normalized spacial score (nSPS) is 19.4. The zero-order valence-corrected chi connectivity index (χ0v) is 16.9. The molecule has 1 atom stereocenters. The Morgan fingerprint density at radius 3 is 2.69 bits per heavy atom. The highest BCUT2D eigenvalue weighted by atomic mass is 16.5. The maximum atomic E-state index is 12.7. The summed E-state index contributed by atoms with van der Waals surface area (Å²) >= 11 is 0. The Kier molecular flexibility index (Phi) is 6.80. The van der Waals surface area contributed by atoms with Gasteiger partial charge >= 0.3 is 0 Å². The molecule has 0 bridgehead atoms. The number of carbonyl (C=O) groups is 1. The van der Waals surface area contributed by atoms with E-state index in [1.54, 1.807) is 6.07 Å². The molecule has 0 aromatic heterocycles.